The Balaban J connectivity index is 1.58. The van der Waals surface area contributed by atoms with Crippen LogP contribution in [0.15, 0.2) is 18.2 Å². The number of piperidine rings is 1. The van der Waals surface area contributed by atoms with Crippen molar-refractivity contribution in [3.8, 4) is 11.5 Å². The van der Waals surface area contributed by atoms with Crippen molar-refractivity contribution >= 4 is 11.7 Å². The van der Waals surface area contributed by atoms with E-state index in [1.54, 1.807) is 25.1 Å². The largest absolute Gasteiger partial charge is 0.486 e. The summed E-state index contributed by atoms with van der Waals surface area (Å²) in [7, 11) is 3.53. The molecule has 6 nitrogen and oxygen atoms in total. The second-order valence-electron chi connectivity index (χ2n) is 6.56. The quantitative estimate of drug-likeness (QED) is 0.781. The molecule has 2 aliphatic heterocycles. The lowest BCUT2D eigenvalue weighted by atomic mass is 9.88. The highest BCUT2D eigenvalue weighted by Gasteiger charge is 2.27. The summed E-state index contributed by atoms with van der Waals surface area (Å²) >= 11 is 0. The van der Waals surface area contributed by atoms with E-state index in [9.17, 15) is 9.59 Å². The average molecular weight is 332 g/mol. The van der Waals surface area contributed by atoms with Crippen LogP contribution in [0.5, 0.6) is 11.5 Å². The van der Waals surface area contributed by atoms with Gasteiger partial charge >= 0.3 is 0 Å². The van der Waals surface area contributed by atoms with E-state index in [2.05, 4.69) is 4.90 Å². The average Bonchev–Trinajstić information content (AvgIpc) is 2.61. The topological polar surface area (TPSA) is 59.1 Å². The number of Topliss-reactive ketones (excluding diaryl/α,β-unsaturated/α-hetero) is 1. The molecule has 2 aliphatic rings. The molecule has 2 heterocycles. The summed E-state index contributed by atoms with van der Waals surface area (Å²) in [6.07, 6.45) is 1.57. The molecule has 0 unspecified atom stereocenters. The number of ketones is 1. The van der Waals surface area contributed by atoms with E-state index < -0.39 is 0 Å². The summed E-state index contributed by atoms with van der Waals surface area (Å²) in [5.41, 5.74) is 0.682. The molecule has 130 valence electrons. The number of amides is 1. The molecular weight excluding hydrogens is 308 g/mol. The zero-order valence-electron chi connectivity index (χ0n) is 14.3. The van der Waals surface area contributed by atoms with Gasteiger partial charge in [0.05, 0.1) is 6.54 Å². The number of likely N-dealkylation sites (tertiary alicyclic amines) is 1. The highest BCUT2D eigenvalue weighted by atomic mass is 16.6. The van der Waals surface area contributed by atoms with Crippen molar-refractivity contribution in [2.24, 2.45) is 5.92 Å². The summed E-state index contributed by atoms with van der Waals surface area (Å²) in [4.78, 5) is 28.2. The number of hydrogen-bond donors (Lipinski definition) is 0. The van der Waals surface area contributed by atoms with Crippen LogP contribution in [0.4, 0.5) is 0 Å². The second kappa shape index (κ2) is 7.21. The van der Waals surface area contributed by atoms with Gasteiger partial charge in [0.25, 0.3) is 0 Å². The minimum absolute atomic E-state index is 0.0123. The number of nitrogens with zero attached hydrogens (tertiary/aromatic N) is 2. The van der Waals surface area contributed by atoms with E-state index in [-0.39, 0.29) is 17.6 Å². The number of benzene rings is 1. The number of hydrogen-bond acceptors (Lipinski definition) is 5. The maximum Gasteiger partial charge on any atom is 0.236 e. The van der Waals surface area contributed by atoms with Gasteiger partial charge in [0, 0.05) is 25.6 Å². The summed E-state index contributed by atoms with van der Waals surface area (Å²) in [6.45, 7) is 3.05. The van der Waals surface area contributed by atoms with Crippen molar-refractivity contribution in [1.82, 2.24) is 9.80 Å². The number of ether oxygens (including phenoxy) is 2. The minimum Gasteiger partial charge on any atom is -0.486 e. The first-order valence-electron chi connectivity index (χ1n) is 8.41. The normalized spacial score (nSPS) is 18.2. The van der Waals surface area contributed by atoms with Crippen molar-refractivity contribution in [3.05, 3.63) is 23.8 Å². The van der Waals surface area contributed by atoms with Gasteiger partial charge in [-0.25, -0.2) is 0 Å². The number of rotatable bonds is 4. The highest BCUT2D eigenvalue weighted by Crippen LogP contribution is 2.32. The molecule has 1 fully saturated rings. The Morgan fingerprint density at radius 3 is 2.46 bits per heavy atom. The molecule has 1 amide bonds. The van der Waals surface area contributed by atoms with Crippen LogP contribution in [-0.4, -0.2) is 68.4 Å². The molecule has 1 aromatic carbocycles. The van der Waals surface area contributed by atoms with Crippen LogP contribution >= 0.6 is 0 Å². The van der Waals surface area contributed by atoms with Crippen LogP contribution < -0.4 is 9.47 Å². The van der Waals surface area contributed by atoms with Crippen LogP contribution in [0.2, 0.25) is 0 Å². The fourth-order valence-electron chi connectivity index (χ4n) is 3.12. The molecule has 0 saturated carbocycles. The first-order valence-corrected chi connectivity index (χ1v) is 8.41. The molecule has 1 aromatic rings. The standard InChI is InChI=1S/C18H24N2O4/c1-19(2)17(21)12-20-7-5-13(6-8-20)18(22)14-3-4-15-16(11-14)24-10-9-23-15/h3-4,11,13H,5-10,12H2,1-2H3. The van der Waals surface area contributed by atoms with Gasteiger partial charge in [0.1, 0.15) is 13.2 Å². The maximum atomic E-state index is 12.7. The predicted molar refractivity (Wildman–Crippen MR) is 89.6 cm³/mol. The third kappa shape index (κ3) is 3.70. The molecule has 0 radical (unpaired) electrons. The van der Waals surface area contributed by atoms with E-state index in [0.717, 1.165) is 25.9 Å². The van der Waals surface area contributed by atoms with Gasteiger partial charge in [0.2, 0.25) is 5.91 Å². The van der Waals surface area contributed by atoms with E-state index in [1.165, 1.54) is 0 Å². The van der Waals surface area contributed by atoms with Crippen LogP contribution in [0.1, 0.15) is 23.2 Å². The molecule has 0 aromatic heterocycles. The molecule has 0 aliphatic carbocycles. The minimum atomic E-state index is 0.0123. The van der Waals surface area contributed by atoms with E-state index in [1.807, 2.05) is 12.1 Å². The van der Waals surface area contributed by atoms with E-state index >= 15 is 0 Å². The van der Waals surface area contributed by atoms with Gasteiger partial charge < -0.3 is 14.4 Å². The third-order valence-corrected chi connectivity index (χ3v) is 4.64. The lowest BCUT2D eigenvalue weighted by molar-refractivity contribution is -0.130. The number of likely N-dealkylation sites (N-methyl/N-ethyl adjacent to an activating group) is 1. The van der Waals surface area contributed by atoms with E-state index in [0.29, 0.717) is 36.8 Å². The summed E-state index contributed by atoms with van der Waals surface area (Å²) in [5.74, 6) is 1.63. The second-order valence-corrected chi connectivity index (χ2v) is 6.56. The molecule has 0 N–H and O–H groups in total. The fourth-order valence-corrected chi connectivity index (χ4v) is 3.12. The zero-order chi connectivity index (χ0) is 17.1. The lowest BCUT2D eigenvalue weighted by Gasteiger charge is -2.31. The molecule has 3 rings (SSSR count). The predicted octanol–water partition coefficient (Wildman–Crippen LogP) is 1.44. The Hall–Kier alpha value is -2.08. The monoisotopic (exact) mass is 332 g/mol. The Morgan fingerprint density at radius 1 is 1.12 bits per heavy atom. The molecule has 24 heavy (non-hydrogen) atoms. The summed E-state index contributed by atoms with van der Waals surface area (Å²) < 4.78 is 11.1. The third-order valence-electron chi connectivity index (χ3n) is 4.64. The Kier molecular flexibility index (Phi) is 5.04. The van der Waals surface area contributed by atoms with Gasteiger partial charge in [-0.05, 0) is 44.1 Å². The SMILES string of the molecule is CN(C)C(=O)CN1CCC(C(=O)c2ccc3c(c2)OCCO3)CC1. The number of fused-ring (bicyclic) bond motifs is 1. The number of carbonyl (C=O) groups is 2. The molecule has 1 saturated heterocycles. The fraction of sp³-hybridized carbons (Fsp3) is 0.556. The highest BCUT2D eigenvalue weighted by molar-refractivity contribution is 5.98. The first kappa shape index (κ1) is 16.8. The van der Waals surface area contributed by atoms with Crippen LogP contribution in [0.25, 0.3) is 0 Å². The van der Waals surface area contributed by atoms with E-state index in [4.69, 9.17) is 9.47 Å². The maximum absolute atomic E-state index is 12.7. The summed E-state index contributed by atoms with van der Waals surface area (Å²) in [5, 5.41) is 0. The van der Waals surface area contributed by atoms with Gasteiger partial charge in [-0.1, -0.05) is 0 Å². The summed E-state index contributed by atoms with van der Waals surface area (Å²) in [6, 6.07) is 5.42. The van der Waals surface area contributed by atoms with Crippen molar-refractivity contribution in [2.45, 2.75) is 12.8 Å². The molecule has 0 atom stereocenters. The Labute approximate surface area is 142 Å². The first-order chi connectivity index (χ1) is 11.5. The van der Waals surface area contributed by atoms with Gasteiger partial charge in [0.15, 0.2) is 17.3 Å². The van der Waals surface area contributed by atoms with Crippen LogP contribution in [0.3, 0.4) is 0 Å². The van der Waals surface area contributed by atoms with Crippen molar-refractivity contribution in [1.29, 1.82) is 0 Å². The van der Waals surface area contributed by atoms with Crippen LogP contribution in [-0.2, 0) is 4.79 Å². The van der Waals surface area contributed by atoms with Crippen molar-refractivity contribution in [3.63, 3.8) is 0 Å². The Bertz CT molecular complexity index is 621. The lowest BCUT2D eigenvalue weighted by Crippen LogP contribution is -2.42. The molecule has 6 heteroatoms. The van der Waals surface area contributed by atoms with Crippen molar-refractivity contribution in [2.75, 3.05) is 46.9 Å². The van der Waals surface area contributed by atoms with Crippen LogP contribution in [0, 0.1) is 5.92 Å². The molecule has 0 spiro atoms. The van der Waals surface area contributed by atoms with Gasteiger partial charge in [-0.2, -0.15) is 0 Å². The molecule has 0 bridgehead atoms. The zero-order valence-corrected chi connectivity index (χ0v) is 14.3. The van der Waals surface area contributed by atoms with Crippen molar-refractivity contribution < 1.29 is 19.1 Å². The Morgan fingerprint density at radius 2 is 1.79 bits per heavy atom. The number of carbonyl (C=O) groups excluding carboxylic acids is 2. The smallest absolute Gasteiger partial charge is 0.236 e. The molecular formula is C18H24N2O4. The van der Waals surface area contributed by atoms with Gasteiger partial charge in [-0.15, -0.1) is 0 Å². The van der Waals surface area contributed by atoms with Gasteiger partial charge in [-0.3, -0.25) is 14.5 Å².